The highest BCUT2D eigenvalue weighted by atomic mass is 79.9. The number of rotatable bonds is 3. The molecule has 0 fully saturated rings. The molecule has 2 aromatic rings. The summed E-state index contributed by atoms with van der Waals surface area (Å²) in [6.45, 7) is 2.11. The highest BCUT2D eigenvalue weighted by Crippen LogP contribution is 2.17. The quantitative estimate of drug-likeness (QED) is 0.940. The van der Waals surface area contributed by atoms with E-state index in [-0.39, 0.29) is 5.56 Å². The highest BCUT2D eigenvalue weighted by molar-refractivity contribution is 9.10. The van der Waals surface area contributed by atoms with E-state index in [9.17, 15) is 4.79 Å². The van der Waals surface area contributed by atoms with E-state index >= 15 is 0 Å². The van der Waals surface area contributed by atoms with E-state index in [0.717, 1.165) is 29.6 Å². The van der Waals surface area contributed by atoms with E-state index in [1.54, 1.807) is 6.20 Å². The number of halogens is 1. The van der Waals surface area contributed by atoms with E-state index in [2.05, 4.69) is 37.8 Å². The van der Waals surface area contributed by atoms with E-state index < -0.39 is 0 Å². The van der Waals surface area contributed by atoms with Gasteiger partial charge in [0.05, 0.1) is 15.4 Å². The van der Waals surface area contributed by atoms with Crippen molar-refractivity contribution < 1.29 is 0 Å². The van der Waals surface area contributed by atoms with Gasteiger partial charge in [-0.3, -0.25) is 9.78 Å². The molecule has 0 bridgehead atoms. The SMILES string of the molecule is CCCCc1nc2c(Br)cncc2c(=O)[nH]1. The Morgan fingerprint density at radius 3 is 3.00 bits per heavy atom. The van der Waals surface area contributed by atoms with Crippen molar-refractivity contribution in [1.29, 1.82) is 0 Å². The molecule has 2 aromatic heterocycles. The average molecular weight is 282 g/mol. The van der Waals surface area contributed by atoms with Gasteiger partial charge in [-0.05, 0) is 22.4 Å². The maximum absolute atomic E-state index is 11.8. The van der Waals surface area contributed by atoms with Crippen LogP contribution in [0, 0.1) is 0 Å². The standard InChI is InChI=1S/C11H12BrN3O/c1-2-3-4-9-14-10-7(11(16)15-9)5-13-6-8(10)12/h5-6H,2-4H2,1H3,(H,14,15,16). The second kappa shape index (κ2) is 4.74. The topological polar surface area (TPSA) is 58.6 Å². The van der Waals surface area contributed by atoms with Gasteiger partial charge in [0.15, 0.2) is 0 Å². The predicted octanol–water partition coefficient (Wildman–Crippen LogP) is 2.42. The molecule has 0 saturated carbocycles. The van der Waals surface area contributed by atoms with Gasteiger partial charge in [0.25, 0.3) is 5.56 Å². The van der Waals surface area contributed by atoms with Crippen LogP contribution in [0.25, 0.3) is 10.9 Å². The third kappa shape index (κ3) is 2.14. The van der Waals surface area contributed by atoms with Gasteiger partial charge in [0.1, 0.15) is 5.82 Å². The second-order valence-corrected chi connectivity index (χ2v) is 4.49. The molecule has 0 radical (unpaired) electrons. The lowest BCUT2D eigenvalue weighted by molar-refractivity contribution is 0.753. The lowest BCUT2D eigenvalue weighted by Crippen LogP contribution is -2.12. The Bertz CT molecular complexity index is 565. The Morgan fingerprint density at radius 2 is 2.25 bits per heavy atom. The zero-order chi connectivity index (χ0) is 11.5. The zero-order valence-electron chi connectivity index (χ0n) is 8.96. The summed E-state index contributed by atoms with van der Waals surface area (Å²) in [4.78, 5) is 22.9. The molecular weight excluding hydrogens is 270 g/mol. The number of unbranched alkanes of at least 4 members (excludes halogenated alkanes) is 1. The number of fused-ring (bicyclic) bond motifs is 1. The number of hydrogen-bond donors (Lipinski definition) is 1. The van der Waals surface area contributed by atoms with Gasteiger partial charge >= 0.3 is 0 Å². The number of aromatic amines is 1. The van der Waals surface area contributed by atoms with Crippen LogP contribution in [0.5, 0.6) is 0 Å². The number of aromatic nitrogens is 3. The van der Waals surface area contributed by atoms with Crippen molar-refractivity contribution in [2.24, 2.45) is 0 Å². The fraction of sp³-hybridized carbons (Fsp3) is 0.364. The molecule has 0 unspecified atom stereocenters. The molecule has 0 aliphatic heterocycles. The monoisotopic (exact) mass is 281 g/mol. The number of nitrogens with one attached hydrogen (secondary N) is 1. The summed E-state index contributed by atoms with van der Waals surface area (Å²) in [7, 11) is 0. The molecule has 2 heterocycles. The molecule has 0 atom stereocenters. The Labute approximate surface area is 101 Å². The Kier molecular flexibility index (Phi) is 3.33. The van der Waals surface area contributed by atoms with Crippen molar-refractivity contribution in [1.82, 2.24) is 15.0 Å². The summed E-state index contributed by atoms with van der Waals surface area (Å²) < 4.78 is 0.758. The molecular formula is C11H12BrN3O. The van der Waals surface area contributed by atoms with Crippen molar-refractivity contribution in [3.05, 3.63) is 33.0 Å². The van der Waals surface area contributed by atoms with E-state index in [1.807, 2.05) is 0 Å². The summed E-state index contributed by atoms with van der Waals surface area (Å²) >= 11 is 3.36. The Morgan fingerprint density at radius 1 is 1.44 bits per heavy atom. The first kappa shape index (κ1) is 11.3. The molecule has 84 valence electrons. The third-order valence-electron chi connectivity index (χ3n) is 2.39. The minimum atomic E-state index is -0.120. The molecule has 1 N–H and O–H groups in total. The maximum Gasteiger partial charge on any atom is 0.260 e. The van der Waals surface area contributed by atoms with Gasteiger partial charge in [-0.25, -0.2) is 4.98 Å². The summed E-state index contributed by atoms with van der Waals surface area (Å²) in [5.74, 6) is 0.742. The molecule has 0 amide bonds. The molecule has 0 saturated heterocycles. The van der Waals surface area contributed by atoms with Crippen LogP contribution in [0.3, 0.4) is 0 Å². The Balaban J connectivity index is 2.57. The van der Waals surface area contributed by atoms with Crippen LogP contribution in [0.15, 0.2) is 21.7 Å². The average Bonchev–Trinajstić information content (AvgIpc) is 2.28. The molecule has 0 spiro atoms. The van der Waals surface area contributed by atoms with Gasteiger partial charge in [-0.1, -0.05) is 13.3 Å². The molecule has 0 aliphatic rings. The Hall–Kier alpha value is -1.23. The number of pyridine rings is 1. The van der Waals surface area contributed by atoms with Crippen LogP contribution < -0.4 is 5.56 Å². The van der Waals surface area contributed by atoms with Crippen molar-refractivity contribution in [3.63, 3.8) is 0 Å². The van der Waals surface area contributed by atoms with Gasteiger partial charge in [0, 0.05) is 18.8 Å². The highest BCUT2D eigenvalue weighted by Gasteiger charge is 2.06. The molecule has 0 aromatic carbocycles. The van der Waals surface area contributed by atoms with Crippen LogP contribution in [-0.4, -0.2) is 15.0 Å². The summed E-state index contributed by atoms with van der Waals surface area (Å²) in [5.41, 5.74) is 0.565. The molecule has 5 heteroatoms. The van der Waals surface area contributed by atoms with Crippen molar-refractivity contribution in [2.75, 3.05) is 0 Å². The van der Waals surface area contributed by atoms with E-state index in [0.29, 0.717) is 10.9 Å². The summed E-state index contributed by atoms with van der Waals surface area (Å²) in [6.07, 6.45) is 6.10. The van der Waals surface area contributed by atoms with E-state index in [4.69, 9.17) is 0 Å². The fourth-order valence-electron chi connectivity index (χ4n) is 1.53. The van der Waals surface area contributed by atoms with Gasteiger partial charge in [0.2, 0.25) is 0 Å². The van der Waals surface area contributed by atoms with Gasteiger partial charge in [-0.15, -0.1) is 0 Å². The van der Waals surface area contributed by atoms with Crippen molar-refractivity contribution >= 4 is 26.8 Å². The van der Waals surface area contributed by atoms with E-state index in [1.165, 1.54) is 6.20 Å². The first-order chi connectivity index (χ1) is 7.72. The number of H-pyrrole nitrogens is 1. The number of nitrogens with zero attached hydrogens (tertiary/aromatic N) is 2. The van der Waals surface area contributed by atoms with Crippen molar-refractivity contribution in [2.45, 2.75) is 26.2 Å². The van der Waals surface area contributed by atoms with Gasteiger partial charge < -0.3 is 4.98 Å². The number of aryl methyl sites for hydroxylation is 1. The third-order valence-corrected chi connectivity index (χ3v) is 2.97. The van der Waals surface area contributed by atoms with Crippen molar-refractivity contribution in [3.8, 4) is 0 Å². The van der Waals surface area contributed by atoms with Crippen LogP contribution >= 0.6 is 15.9 Å². The lowest BCUT2D eigenvalue weighted by atomic mass is 10.2. The molecule has 16 heavy (non-hydrogen) atoms. The maximum atomic E-state index is 11.8. The predicted molar refractivity (Wildman–Crippen MR) is 66.5 cm³/mol. The minimum absolute atomic E-state index is 0.120. The van der Waals surface area contributed by atoms with Crippen LogP contribution in [0.1, 0.15) is 25.6 Å². The molecule has 2 rings (SSSR count). The summed E-state index contributed by atoms with van der Waals surface area (Å²) in [5, 5.41) is 0.523. The largest absolute Gasteiger partial charge is 0.310 e. The fourth-order valence-corrected chi connectivity index (χ4v) is 1.95. The molecule has 0 aliphatic carbocycles. The van der Waals surface area contributed by atoms with Gasteiger partial charge in [-0.2, -0.15) is 0 Å². The van der Waals surface area contributed by atoms with Crippen LogP contribution in [0.2, 0.25) is 0 Å². The molecule has 4 nitrogen and oxygen atoms in total. The minimum Gasteiger partial charge on any atom is -0.310 e. The second-order valence-electron chi connectivity index (χ2n) is 3.63. The first-order valence-corrected chi connectivity index (χ1v) is 6.04. The van der Waals surface area contributed by atoms with Crippen LogP contribution in [0.4, 0.5) is 0 Å². The first-order valence-electron chi connectivity index (χ1n) is 5.24. The smallest absolute Gasteiger partial charge is 0.260 e. The number of hydrogen-bond acceptors (Lipinski definition) is 3. The normalized spacial score (nSPS) is 10.9. The lowest BCUT2D eigenvalue weighted by Gasteiger charge is -2.02. The zero-order valence-corrected chi connectivity index (χ0v) is 10.5. The summed E-state index contributed by atoms with van der Waals surface area (Å²) in [6, 6.07) is 0. The van der Waals surface area contributed by atoms with Crippen LogP contribution in [-0.2, 0) is 6.42 Å².